The number of rotatable bonds is 3. The summed E-state index contributed by atoms with van der Waals surface area (Å²) in [6.45, 7) is 10.7. The van der Waals surface area contributed by atoms with Gasteiger partial charge >= 0.3 is 0 Å². The fraction of sp³-hybridized carbons (Fsp3) is 0.600. The number of benzene rings is 1. The number of oxime groups is 1. The molecule has 1 amide bonds. The average molecular weight is 328 g/mol. The molecule has 24 heavy (non-hydrogen) atoms. The first-order valence-electron chi connectivity index (χ1n) is 8.81. The van der Waals surface area contributed by atoms with Gasteiger partial charge in [0.2, 0.25) is 5.91 Å². The molecule has 2 N–H and O–H groups in total. The first-order chi connectivity index (χ1) is 11.2. The molecule has 0 radical (unpaired) electrons. The van der Waals surface area contributed by atoms with Crippen LogP contribution in [0.4, 0.5) is 5.69 Å². The quantitative estimate of drug-likeness (QED) is 0.618. The minimum Gasteiger partial charge on any atom is -0.411 e. The number of carbonyl (C=O) groups is 1. The number of hydrogen-bond acceptors (Lipinski definition) is 3. The van der Waals surface area contributed by atoms with Gasteiger partial charge in [0.25, 0.3) is 0 Å². The summed E-state index contributed by atoms with van der Waals surface area (Å²) >= 11 is 0. The van der Waals surface area contributed by atoms with E-state index < -0.39 is 5.41 Å². The van der Waals surface area contributed by atoms with Crippen molar-refractivity contribution in [1.82, 2.24) is 0 Å². The predicted octanol–water partition coefficient (Wildman–Crippen LogP) is 4.80. The number of carbonyl (C=O) groups excluding carboxylic acids is 1. The zero-order chi connectivity index (χ0) is 17.8. The number of nitrogens with one attached hydrogen (secondary N) is 1. The highest BCUT2D eigenvalue weighted by Crippen LogP contribution is 2.71. The zero-order valence-electron chi connectivity index (χ0n) is 15.3. The van der Waals surface area contributed by atoms with Crippen LogP contribution < -0.4 is 5.32 Å². The summed E-state index contributed by atoms with van der Waals surface area (Å²) in [5.74, 6) is 0.521. The monoisotopic (exact) mass is 328 g/mol. The van der Waals surface area contributed by atoms with E-state index in [0.717, 1.165) is 24.2 Å². The van der Waals surface area contributed by atoms with E-state index in [4.69, 9.17) is 0 Å². The van der Waals surface area contributed by atoms with Crippen LogP contribution in [0, 0.1) is 16.2 Å². The van der Waals surface area contributed by atoms with Crippen molar-refractivity contribution in [3.05, 3.63) is 29.8 Å². The lowest BCUT2D eigenvalue weighted by molar-refractivity contribution is -0.130. The summed E-state index contributed by atoms with van der Waals surface area (Å²) in [5.41, 5.74) is 1.92. The van der Waals surface area contributed by atoms with Gasteiger partial charge in [-0.3, -0.25) is 4.79 Å². The van der Waals surface area contributed by atoms with E-state index in [1.165, 1.54) is 5.56 Å². The average Bonchev–Trinajstić information content (AvgIpc) is 2.85. The minimum atomic E-state index is -0.500. The van der Waals surface area contributed by atoms with Gasteiger partial charge in [-0.2, -0.15) is 0 Å². The van der Waals surface area contributed by atoms with Crippen LogP contribution in [0.25, 0.3) is 0 Å². The van der Waals surface area contributed by atoms with E-state index in [1.54, 1.807) is 0 Å². The van der Waals surface area contributed by atoms with Crippen molar-refractivity contribution in [1.29, 1.82) is 0 Å². The van der Waals surface area contributed by atoms with E-state index >= 15 is 0 Å². The third kappa shape index (κ3) is 2.04. The van der Waals surface area contributed by atoms with E-state index in [0.29, 0.717) is 12.3 Å². The van der Waals surface area contributed by atoms with Gasteiger partial charge in [-0.25, -0.2) is 0 Å². The Kier molecular flexibility index (Phi) is 3.78. The first kappa shape index (κ1) is 17.0. The summed E-state index contributed by atoms with van der Waals surface area (Å²) < 4.78 is 0. The topological polar surface area (TPSA) is 61.7 Å². The lowest BCUT2D eigenvalue weighted by Gasteiger charge is -2.39. The molecule has 4 heteroatoms. The Labute approximate surface area is 144 Å². The Morgan fingerprint density at radius 1 is 1.17 bits per heavy atom. The van der Waals surface area contributed by atoms with Crippen LogP contribution >= 0.6 is 0 Å². The smallest absolute Gasteiger partial charge is 0.231 e. The van der Waals surface area contributed by atoms with Crippen LogP contribution in [0.2, 0.25) is 0 Å². The highest BCUT2D eigenvalue weighted by atomic mass is 16.4. The molecule has 130 valence electrons. The van der Waals surface area contributed by atoms with Crippen LogP contribution in [-0.4, -0.2) is 16.8 Å². The molecular weight excluding hydrogens is 300 g/mol. The molecule has 0 spiro atoms. The van der Waals surface area contributed by atoms with Crippen LogP contribution in [0.1, 0.15) is 65.4 Å². The lowest BCUT2D eigenvalue weighted by Crippen LogP contribution is -2.43. The first-order valence-corrected chi connectivity index (χ1v) is 8.81. The van der Waals surface area contributed by atoms with Crippen molar-refractivity contribution in [2.75, 3.05) is 5.32 Å². The van der Waals surface area contributed by atoms with Crippen LogP contribution in [-0.2, 0) is 4.79 Å². The Balaban J connectivity index is 1.87. The van der Waals surface area contributed by atoms with E-state index in [2.05, 4.69) is 57.2 Å². The van der Waals surface area contributed by atoms with E-state index in [1.807, 2.05) is 12.1 Å². The molecule has 0 heterocycles. The van der Waals surface area contributed by atoms with E-state index in [9.17, 15) is 10.0 Å². The van der Waals surface area contributed by atoms with Gasteiger partial charge in [0.05, 0.1) is 11.1 Å². The third-order valence-corrected chi connectivity index (χ3v) is 7.12. The highest BCUT2D eigenvalue weighted by molar-refractivity contribution is 6.06. The number of hydrogen-bond donors (Lipinski definition) is 2. The zero-order valence-corrected chi connectivity index (χ0v) is 15.3. The summed E-state index contributed by atoms with van der Waals surface area (Å²) in [6, 6.07) is 8.08. The molecule has 2 atom stereocenters. The molecular formula is C20H28N2O2. The number of fused-ring (bicyclic) bond motifs is 2. The Morgan fingerprint density at radius 2 is 1.79 bits per heavy atom. The minimum absolute atomic E-state index is 0.0483. The molecule has 0 aliphatic heterocycles. The summed E-state index contributed by atoms with van der Waals surface area (Å²) in [7, 11) is 0. The molecule has 2 aliphatic rings. The van der Waals surface area contributed by atoms with Crippen LogP contribution in [0.15, 0.2) is 29.4 Å². The molecule has 2 fully saturated rings. The Bertz CT molecular complexity index is 690. The maximum atomic E-state index is 13.2. The van der Waals surface area contributed by atoms with Gasteiger partial charge in [-0.1, -0.05) is 51.9 Å². The van der Waals surface area contributed by atoms with E-state index in [-0.39, 0.29) is 16.7 Å². The molecule has 0 saturated heterocycles. The summed E-state index contributed by atoms with van der Waals surface area (Å²) in [4.78, 5) is 13.2. The second-order valence-corrected chi connectivity index (χ2v) is 8.49. The van der Waals surface area contributed by atoms with Gasteiger partial charge < -0.3 is 10.5 Å². The largest absolute Gasteiger partial charge is 0.411 e. The highest BCUT2D eigenvalue weighted by Gasteiger charge is 2.71. The normalized spacial score (nSPS) is 32.5. The van der Waals surface area contributed by atoms with Crippen LogP contribution in [0.5, 0.6) is 0 Å². The summed E-state index contributed by atoms with van der Waals surface area (Å²) in [6.07, 6.45) is 2.27. The second kappa shape index (κ2) is 5.33. The fourth-order valence-corrected chi connectivity index (χ4v) is 4.74. The number of amides is 1. The van der Waals surface area contributed by atoms with Crippen LogP contribution in [0.3, 0.4) is 0 Å². The Hall–Kier alpha value is -1.84. The van der Waals surface area contributed by atoms with Crippen molar-refractivity contribution in [2.24, 2.45) is 21.4 Å². The van der Waals surface area contributed by atoms with Crippen molar-refractivity contribution >= 4 is 17.3 Å². The second-order valence-electron chi connectivity index (χ2n) is 8.49. The molecule has 0 aromatic heterocycles. The lowest BCUT2D eigenvalue weighted by atomic mass is 9.64. The number of nitrogens with zero attached hydrogens (tertiary/aromatic N) is 1. The Morgan fingerprint density at radius 3 is 2.29 bits per heavy atom. The van der Waals surface area contributed by atoms with Crippen molar-refractivity contribution in [2.45, 2.75) is 59.8 Å². The van der Waals surface area contributed by atoms with Gasteiger partial charge in [-0.15, -0.1) is 0 Å². The molecule has 2 aliphatic carbocycles. The fourth-order valence-electron chi connectivity index (χ4n) is 4.74. The van der Waals surface area contributed by atoms with Gasteiger partial charge in [0.15, 0.2) is 0 Å². The number of anilines is 1. The van der Waals surface area contributed by atoms with Crippen molar-refractivity contribution in [3.63, 3.8) is 0 Å². The molecule has 2 saturated carbocycles. The third-order valence-electron chi connectivity index (χ3n) is 7.12. The standard InChI is InChI=1S/C20H28N2O2/c1-13(2)14-6-8-15(9-7-14)21-17(23)20-11-10-19(5,18(20,3)4)16(12-20)22-24/h6-9,13,24H,10-12H2,1-5H3,(H,21,23). The van der Waals surface area contributed by atoms with Crippen molar-refractivity contribution in [3.8, 4) is 0 Å². The molecule has 2 bridgehead atoms. The van der Waals surface area contributed by atoms with Gasteiger partial charge in [-0.05, 0) is 41.9 Å². The molecule has 2 unspecified atom stereocenters. The maximum absolute atomic E-state index is 13.2. The van der Waals surface area contributed by atoms with Gasteiger partial charge in [0, 0.05) is 17.5 Å². The van der Waals surface area contributed by atoms with Crippen molar-refractivity contribution < 1.29 is 10.0 Å². The van der Waals surface area contributed by atoms with Gasteiger partial charge in [0.1, 0.15) is 0 Å². The predicted molar refractivity (Wildman–Crippen MR) is 96.6 cm³/mol. The molecule has 1 aromatic rings. The molecule has 4 nitrogen and oxygen atoms in total. The summed E-state index contributed by atoms with van der Waals surface area (Å²) in [5, 5.41) is 16.1. The molecule has 1 aromatic carbocycles. The molecule has 3 rings (SSSR count). The SMILES string of the molecule is CC(C)c1ccc(NC(=O)C23CCC(C)(C(=NO)C2)C3(C)C)cc1. The maximum Gasteiger partial charge on any atom is 0.231 e.